The molecule has 1 aromatic heterocycles. The molecule has 0 bridgehead atoms. The lowest BCUT2D eigenvalue weighted by Gasteiger charge is -2.01. The third-order valence-electron chi connectivity index (χ3n) is 2.13. The van der Waals surface area contributed by atoms with Gasteiger partial charge in [0.25, 0.3) is 0 Å². The summed E-state index contributed by atoms with van der Waals surface area (Å²) in [6.07, 6.45) is 1.74. The number of aliphatic hydroxyl groups is 1. The standard InChI is InChI=1S/C9H10N2O/c1-6-2-3-9-7(4-10-11-9)8(6)5-12/h2-4,12H,5H2,1H3,(H,10,11). The van der Waals surface area contributed by atoms with Gasteiger partial charge in [0.1, 0.15) is 0 Å². The van der Waals surface area contributed by atoms with Crippen molar-refractivity contribution in [1.82, 2.24) is 10.2 Å². The van der Waals surface area contributed by atoms with Crippen LogP contribution in [0.25, 0.3) is 10.9 Å². The first kappa shape index (κ1) is 7.31. The summed E-state index contributed by atoms with van der Waals surface area (Å²) in [6.45, 7) is 2.06. The van der Waals surface area contributed by atoms with E-state index < -0.39 is 0 Å². The molecule has 12 heavy (non-hydrogen) atoms. The van der Waals surface area contributed by atoms with Crippen LogP contribution in [0.2, 0.25) is 0 Å². The van der Waals surface area contributed by atoms with Crippen LogP contribution in [0, 0.1) is 6.92 Å². The van der Waals surface area contributed by atoms with Crippen molar-refractivity contribution in [2.45, 2.75) is 13.5 Å². The van der Waals surface area contributed by atoms with E-state index in [1.54, 1.807) is 6.20 Å². The quantitative estimate of drug-likeness (QED) is 0.665. The highest BCUT2D eigenvalue weighted by Gasteiger charge is 2.03. The van der Waals surface area contributed by atoms with Crippen molar-refractivity contribution in [3.05, 3.63) is 29.5 Å². The minimum Gasteiger partial charge on any atom is -0.392 e. The topological polar surface area (TPSA) is 48.9 Å². The minimum absolute atomic E-state index is 0.0721. The van der Waals surface area contributed by atoms with Gasteiger partial charge in [0.15, 0.2) is 0 Å². The summed E-state index contributed by atoms with van der Waals surface area (Å²) in [5, 5.41) is 16.9. The summed E-state index contributed by atoms with van der Waals surface area (Å²) in [5.74, 6) is 0. The lowest BCUT2D eigenvalue weighted by molar-refractivity contribution is 0.282. The molecule has 62 valence electrons. The zero-order valence-corrected chi connectivity index (χ0v) is 6.83. The van der Waals surface area contributed by atoms with Crippen molar-refractivity contribution >= 4 is 10.9 Å². The summed E-state index contributed by atoms with van der Waals surface area (Å²) in [6, 6.07) is 3.95. The summed E-state index contributed by atoms with van der Waals surface area (Å²) in [4.78, 5) is 0. The van der Waals surface area contributed by atoms with Crippen LogP contribution in [0.3, 0.4) is 0 Å². The molecule has 0 unspecified atom stereocenters. The zero-order chi connectivity index (χ0) is 8.55. The third-order valence-corrected chi connectivity index (χ3v) is 2.13. The van der Waals surface area contributed by atoms with Gasteiger partial charge in [-0.15, -0.1) is 0 Å². The lowest BCUT2D eigenvalue weighted by Crippen LogP contribution is -1.88. The first-order valence-corrected chi connectivity index (χ1v) is 3.85. The van der Waals surface area contributed by atoms with Crippen molar-refractivity contribution in [3.8, 4) is 0 Å². The van der Waals surface area contributed by atoms with Gasteiger partial charge in [-0.25, -0.2) is 0 Å². The fraction of sp³-hybridized carbons (Fsp3) is 0.222. The van der Waals surface area contributed by atoms with Gasteiger partial charge in [-0.2, -0.15) is 5.10 Å². The van der Waals surface area contributed by atoms with Crippen molar-refractivity contribution in [2.24, 2.45) is 0 Å². The van der Waals surface area contributed by atoms with Gasteiger partial charge in [0, 0.05) is 5.39 Å². The highest BCUT2D eigenvalue weighted by atomic mass is 16.3. The number of fused-ring (bicyclic) bond motifs is 1. The second-order valence-corrected chi connectivity index (χ2v) is 2.85. The number of nitrogens with one attached hydrogen (secondary N) is 1. The van der Waals surface area contributed by atoms with Crippen LogP contribution in [-0.2, 0) is 6.61 Å². The number of benzene rings is 1. The Kier molecular flexibility index (Phi) is 1.59. The number of H-pyrrole nitrogens is 1. The Morgan fingerprint density at radius 1 is 1.50 bits per heavy atom. The maximum Gasteiger partial charge on any atom is 0.0691 e. The van der Waals surface area contributed by atoms with Gasteiger partial charge < -0.3 is 5.11 Å². The number of rotatable bonds is 1. The monoisotopic (exact) mass is 162 g/mol. The molecule has 2 rings (SSSR count). The fourth-order valence-corrected chi connectivity index (χ4v) is 1.39. The molecule has 3 nitrogen and oxygen atoms in total. The molecule has 0 radical (unpaired) electrons. The maximum atomic E-state index is 9.09. The van der Waals surface area contributed by atoms with Gasteiger partial charge in [0.2, 0.25) is 0 Å². The summed E-state index contributed by atoms with van der Waals surface area (Å²) >= 11 is 0. The van der Waals surface area contributed by atoms with Gasteiger partial charge >= 0.3 is 0 Å². The predicted octanol–water partition coefficient (Wildman–Crippen LogP) is 1.36. The molecule has 2 N–H and O–H groups in total. The number of aryl methyl sites for hydroxylation is 1. The van der Waals surface area contributed by atoms with E-state index in [-0.39, 0.29) is 6.61 Å². The molecule has 2 aromatic rings. The van der Waals surface area contributed by atoms with E-state index >= 15 is 0 Å². The summed E-state index contributed by atoms with van der Waals surface area (Å²) in [7, 11) is 0. The first-order chi connectivity index (χ1) is 5.83. The second kappa shape index (κ2) is 2.60. The molecule has 0 amide bonds. The molecule has 1 aromatic carbocycles. The van der Waals surface area contributed by atoms with E-state index in [4.69, 9.17) is 5.11 Å². The van der Waals surface area contributed by atoms with Crippen LogP contribution in [0.1, 0.15) is 11.1 Å². The van der Waals surface area contributed by atoms with Crippen molar-refractivity contribution in [1.29, 1.82) is 0 Å². The maximum absolute atomic E-state index is 9.09. The lowest BCUT2D eigenvalue weighted by atomic mass is 10.1. The molecule has 0 saturated heterocycles. The Morgan fingerprint density at radius 2 is 2.33 bits per heavy atom. The van der Waals surface area contributed by atoms with E-state index in [2.05, 4.69) is 10.2 Å². The second-order valence-electron chi connectivity index (χ2n) is 2.85. The largest absolute Gasteiger partial charge is 0.392 e. The first-order valence-electron chi connectivity index (χ1n) is 3.85. The normalized spacial score (nSPS) is 10.8. The number of aromatic nitrogens is 2. The molecule has 1 heterocycles. The Bertz CT molecular complexity index is 406. The third kappa shape index (κ3) is 0.905. The molecule has 0 aliphatic carbocycles. The number of hydrogen-bond acceptors (Lipinski definition) is 2. The molecule has 0 aliphatic heterocycles. The van der Waals surface area contributed by atoms with Gasteiger partial charge in [-0.3, -0.25) is 5.10 Å². The molecule has 3 heteroatoms. The van der Waals surface area contributed by atoms with Crippen molar-refractivity contribution < 1.29 is 5.11 Å². The smallest absolute Gasteiger partial charge is 0.0691 e. The molecule has 0 fully saturated rings. The Hall–Kier alpha value is -1.35. The minimum atomic E-state index is 0.0721. The molecular weight excluding hydrogens is 152 g/mol. The van der Waals surface area contributed by atoms with E-state index in [9.17, 15) is 0 Å². The fourth-order valence-electron chi connectivity index (χ4n) is 1.39. The Balaban J connectivity index is 2.83. The van der Waals surface area contributed by atoms with Crippen molar-refractivity contribution in [3.63, 3.8) is 0 Å². The average molecular weight is 162 g/mol. The number of hydrogen-bond donors (Lipinski definition) is 2. The molecular formula is C9H10N2O. The van der Waals surface area contributed by atoms with Crippen LogP contribution < -0.4 is 0 Å². The van der Waals surface area contributed by atoms with Gasteiger partial charge in [-0.05, 0) is 24.1 Å². The van der Waals surface area contributed by atoms with Crippen LogP contribution >= 0.6 is 0 Å². The highest BCUT2D eigenvalue weighted by molar-refractivity contribution is 5.82. The Morgan fingerprint density at radius 3 is 3.08 bits per heavy atom. The molecule has 0 aliphatic rings. The predicted molar refractivity (Wildman–Crippen MR) is 46.8 cm³/mol. The van der Waals surface area contributed by atoms with Crippen LogP contribution in [0.5, 0.6) is 0 Å². The Labute approximate surface area is 70.0 Å². The number of aliphatic hydroxyl groups excluding tert-OH is 1. The summed E-state index contributed by atoms with van der Waals surface area (Å²) in [5.41, 5.74) is 3.04. The SMILES string of the molecule is Cc1ccc2[nH]ncc2c1CO. The van der Waals surface area contributed by atoms with E-state index in [0.717, 1.165) is 22.0 Å². The molecule has 0 saturated carbocycles. The number of nitrogens with zero attached hydrogens (tertiary/aromatic N) is 1. The van der Waals surface area contributed by atoms with Crippen LogP contribution in [0.15, 0.2) is 18.3 Å². The highest BCUT2D eigenvalue weighted by Crippen LogP contribution is 2.19. The zero-order valence-electron chi connectivity index (χ0n) is 6.83. The average Bonchev–Trinajstić information content (AvgIpc) is 2.52. The van der Waals surface area contributed by atoms with Gasteiger partial charge in [0.05, 0.1) is 18.3 Å². The van der Waals surface area contributed by atoms with Crippen LogP contribution in [-0.4, -0.2) is 15.3 Å². The molecule has 0 spiro atoms. The molecule has 0 atom stereocenters. The number of aromatic amines is 1. The van der Waals surface area contributed by atoms with Crippen LogP contribution in [0.4, 0.5) is 0 Å². The van der Waals surface area contributed by atoms with Gasteiger partial charge in [-0.1, -0.05) is 6.07 Å². The van der Waals surface area contributed by atoms with E-state index in [1.807, 2.05) is 19.1 Å². The van der Waals surface area contributed by atoms with E-state index in [0.29, 0.717) is 0 Å². The summed E-state index contributed by atoms with van der Waals surface area (Å²) < 4.78 is 0. The van der Waals surface area contributed by atoms with E-state index in [1.165, 1.54) is 0 Å². The van der Waals surface area contributed by atoms with Crippen molar-refractivity contribution in [2.75, 3.05) is 0 Å².